The minimum atomic E-state index is -0.592. The molecule has 1 heterocycles. The third-order valence-corrected chi connectivity index (χ3v) is 5.01. The van der Waals surface area contributed by atoms with Crippen molar-refractivity contribution in [3.63, 3.8) is 0 Å². The van der Waals surface area contributed by atoms with Gasteiger partial charge in [0, 0.05) is 24.6 Å². The van der Waals surface area contributed by atoms with Gasteiger partial charge in [0.05, 0.1) is 17.6 Å². The molecule has 0 aliphatic carbocycles. The molecule has 0 radical (unpaired) electrons. The van der Waals surface area contributed by atoms with Crippen molar-refractivity contribution in [3.8, 4) is 0 Å². The quantitative estimate of drug-likeness (QED) is 0.332. The van der Waals surface area contributed by atoms with Crippen molar-refractivity contribution in [2.24, 2.45) is 5.41 Å². The van der Waals surface area contributed by atoms with E-state index >= 15 is 0 Å². The molecule has 3 N–H and O–H groups in total. The molecule has 2 rings (SSSR count). The molecule has 0 saturated heterocycles. The van der Waals surface area contributed by atoms with E-state index in [4.69, 9.17) is 10.2 Å². The fourth-order valence-electron chi connectivity index (χ4n) is 3.10. The van der Waals surface area contributed by atoms with Gasteiger partial charge in [-0.2, -0.15) is 0 Å². The van der Waals surface area contributed by atoms with Gasteiger partial charge >= 0.3 is 0 Å². The summed E-state index contributed by atoms with van der Waals surface area (Å²) < 4.78 is 2.14. The maximum absolute atomic E-state index is 12.3. The molecule has 30 heavy (non-hydrogen) atoms. The standard InChI is InChI=1S/C22H33N5O3/c1-6-26(7-2)12-13-27-18-10-8-16(9-11-20(28)25-30)14-17(18)24-19(27)15-23-21(29)22(3,4)5/h8-11,14,30H,6-7,12-13,15H2,1-5H3,(H,23,29)(H,25,28)/b11-9+. The normalized spacial score (nSPS) is 12.1. The van der Waals surface area contributed by atoms with E-state index in [9.17, 15) is 9.59 Å². The molecule has 0 fully saturated rings. The zero-order valence-electron chi connectivity index (χ0n) is 18.5. The number of aromatic nitrogens is 2. The Bertz CT molecular complexity index is 907. The van der Waals surface area contributed by atoms with Crippen molar-refractivity contribution in [2.45, 2.75) is 47.7 Å². The van der Waals surface area contributed by atoms with Crippen LogP contribution in [-0.4, -0.2) is 51.1 Å². The fraction of sp³-hybridized carbons (Fsp3) is 0.500. The molecule has 0 aliphatic heterocycles. The number of rotatable bonds is 9. The van der Waals surface area contributed by atoms with Gasteiger partial charge in [0.1, 0.15) is 5.82 Å². The highest BCUT2D eigenvalue weighted by molar-refractivity contribution is 5.91. The summed E-state index contributed by atoms with van der Waals surface area (Å²) in [5.74, 6) is 0.179. The maximum atomic E-state index is 12.3. The van der Waals surface area contributed by atoms with Crippen molar-refractivity contribution in [1.82, 2.24) is 25.2 Å². The van der Waals surface area contributed by atoms with E-state index in [0.29, 0.717) is 6.54 Å². The number of likely N-dealkylation sites (N-methyl/N-ethyl adjacent to an activating group) is 1. The molecule has 0 unspecified atom stereocenters. The molecule has 1 aromatic carbocycles. The van der Waals surface area contributed by atoms with E-state index in [2.05, 4.69) is 28.6 Å². The second kappa shape index (κ2) is 10.4. The summed E-state index contributed by atoms with van der Waals surface area (Å²) in [4.78, 5) is 30.7. The molecule has 0 atom stereocenters. The molecular weight excluding hydrogens is 382 g/mol. The minimum Gasteiger partial charge on any atom is -0.348 e. The Morgan fingerprint density at radius 3 is 2.53 bits per heavy atom. The minimum absolute atomic E-state index is 0.0245. The first-order valence-corrected chi connectivity index (χ1v) is 10.3. The highest BCUT2D eigenvalue weighted by Crippen LogP contribution is 2.20. The number of hydrogen-bond acceptors (Lipinski definition) is 5. The van der Waals surface area contributed by atoms with Crippen molar-refractivity contribution in [2.75, 3.05) is 19.6 Å². The number of fused-ring (bicyclic) bond motifs is 1. The summed E-state index contributed by atoms with van der Waals surface area (Å²) >= 11 is 0. The van der Waals surface area contributed by atoms with Crippen molar-refractivity contribution in [1.29, 1.82) is 0 Å². The molecule has 0 bridgehead atoms. The van der Waals surface area contributed by atoms with Crippen LogP contribution in [0.4, 0.5) is 0 Å². The number of hydrogen-bond donors (Lipinski definition) is 3. The average molecular weight is 416 g/mol. The first-order valence-electron chi connectivity index (χ1n) is 10.3. The Morgan fingerprint density at radius 1 is 1.23 bits per heavy atom. The van der Waals surface area contributed by atoms with Gasteiger partial charge in [-0.3, -0.25) is 14.8 Å². The number of amides is 2. The summed E-state index contributed by atoms with van der Waals surface area (Å²) in [7, 11) is 0. The highest BCUT2D eigenvalue weighted by Gasteiger charge is 2.22. The van der Waals surface area contributed by atoms with Crippen LogP contribution < -0.4 is 10.8 Å². The van der Waals surface area contributed by atoms with E-state index < -0.39 is 11.3 Å². The maximum Gasteiger partial charge on any atom is 0.267 e. The Labute approximate surface area is 177 Å². The smallest absolute Gasteiger partial charge is 0.267 e. The van der Waals surface area contributed by atoms with Crippen molar-refractivity contribution >= 4 is 28.9 Å². The summed E-state index contributed by atoms with van der Waals surface area (Å²) in [5, 5.41) is 11.6. The van der Waals surface area contributed by atoms with Gasteiger partial charge in [-0.05, 0) is 36.9 Å². The number of carbonyl (C=O) groups excluding carboxylic acids is 2. The summed E-state index contributed by atoms with van der Waals surface area (Å²) in [6.07, 6.45) is 2.87. The van der Waals surface area contributed by atoms with Crippen LogP contribution in [0.15, 0.2) is 24.3 Å². The number of benzene rings is 1. The molecule has 2 aromatic rings. The summed E-state index contributed by atoms with van der Waals surface area (Å²) in [5.41, 5.74) is 3.67. The predicted molar refractivity (Wildman–Crippen MR) is 118 cm³/mol. The van der Waals surface area contributed by atoms with Crippen LogP contribution in [0, 0.1) is 5.41 Å². The van der Waals surface area contributed by atoms with Gasteiger partial charge in [-0.15, -0.1) is 0 Å². The topological polar surface area (TPSA) is 99.5 Å². The lowest BCUT2D eigenvalue weighted by atomic mass is 9.96. The van der Waals surface area contributed by atoms with Crippen molar-refractivity contribution in [3.05, 3.63) is 35.7 Å². The van der Waals surface area contributed by atoms with Crippen LogP contribution >= 0.6 is 0 Å². The zero-order chi connectivity index (χ0) is 22.3. The van der Waals surface area contributed by atoms with Gasteiger partial charge in [-0.25, -0.2) is 10.5 Å². The van der Waals surface area contributed by atoms with Crippen LogP contribution in [0.5, 0.6) is 0 Å². The molecule has 164 valence electrons. The molecule has 0 saturated carbocycles. The first-order chi connectivity index (χ1) is 14.2. The lowest BCUT2D eigenvalue weighted by Gasteiger charge is -2.20. The lowest BCUT2D eigenvalue weighted by molar-refractivity contribution is -0.128. The van der Waals surface area contributed by atoms with E-state index in [1.54, 1.807) is 11.6 Å². The lowest BCUT2D eigenvalue weighted by Crippen LogP contribution is -2.35. The molecule has 2 amide bonds. The van der Waals surface area contributed by atoms with E-state index in [1.165, 1.54) is 6.08 Å². The van der Waals surface area contributed by atoms with Crippen molar-refractivity contribution < 1.29 is 14.8 Å². The summed E-state index contributed by atoms with van der Waals surface area (Å²) in [6, 6.07) is 5.76. The third kappa shape index (κ3) is 6.14. The van der Waals surface area contributed by atoms with Crippen LogP contribution in [-0.2, 0) is 22.7 Å². The Morgan fingerprint density at radius 2 is 1.93 bits per heavy atom. The third-order valence-electron chi connectivity index (χ3n) is 5.01. The highest BCUT2D eigenvalue weighted by atomic mass is 16.5. The molecule has 8 heteroatoms. The van der Waals surface area contributed by atoms with Gasteiger partial charge < -0.3 is 14.8 Å². The number of hydroxylamine groups is 1. The SMILES string of the molecule is CCN(CC)CCn1c(CNC(=O)C(C)(C)C)nc2cc(/C=C/C(=O)NO)ccc21. The second-order valence-electron chi connectivity index (χ2n) is 8.20. The first kappa shape index (κ1) is 23.6. The van der Waals surface area contributed by atoms with Crippen LogP contribution in [0.2, 0.25) is 0 Å². The fourth-order valence-corrected chi connectivity index (χ4v) is 3.10. The second-order valence-corrected chi connectivity index (χ2v) is 8.20. The number of imidazole rings is 1. The van der Waals surface area contributed by atoms with Gasteiger partial charge in [0.15, 0.2) is 0 Å². The van der Waals surface area contributed by atoms with E-state index in [1.807, 2.05) is 39.0 Å². The number of carbonyl (C=O) groups is 2. The molecule has 0 spiro atoms. The Kier molecular flexibility index (Phi) is 8.14. The largest absolute Gasteiger partial charge is 0.348 e. The van der Waals surface area contributed by atoms with Gasteiger partial charge in [-0.1, -0.05) is 40.7 Å². The van der Waals surface area contributed by atoms with Gasteiger partial charge in [0.25, 0.3) is 5.91 Å². The van der Waals surface area contributed by atoms with Crippen LogP contribution in [0.25, 0.3) is 17.1 Å². The predicted octanol–water partition coefficient (Wildman–Crippen LogP) is 2.56. The average Bonchev–Trinajstić information content (AvgIpc) is 3.06. The molecule has 8 nitrogen and oxygen atoms in total. The number of nitrogens with zero attached hydrogens (tertiary/aromatic N) is 3. The molecule has 1 aromatic heterocycles. The van der Waals surface area contributed by atoms with Crippen LogP contribution in [0.1, 0.15) is 46.0 Å². The van der Waals surface area contributed by atoms with E-state index in [-0.39, 0.29) is 5.91 Å². The monoisotopic (exact) mass is 415 g/mol. The Balaban J connectivity index is 2.35. The molecule has 0 aliphatic rings. The molecular formula is C22H33N5O3. The van der Waals surface area contributed by atoms with Gasteiger partial charge in [0.2, 0.25) is 5.91 Å². The number of nitrogens with one attached hydrogen (secondary N) is 2. The summed E-state index contributed by atoms with van der Waals surface area (Å²) in [6.45, 7) is 13.9. The van der Waals surface area contributed by atoms with Crippen LogP contribution in [0.3, 0.4) is 0 Å². The zero-order valence-corrected chi connectivity index (χ0v) is 18.5. The Hall–Kier alpha value is -2.71. The van der Waals surface area contributed by atoms with E-state index in [0.717, 1.165) is 48.6 Å².